The molecule has 0 aliphatic heterocycles. The van der Waals surface area contributed by atoms with Gasteiger partial charge in [0.1, 0.15) is 0 Å². The molecule has 3 rings (SSSR count). The Balaban J connectivity index is 1.86. The second kappa shape index (κ2) is 4.78. The molecular weight excluding hydrogens is 240 g/mol. The monoisotopic (exact) mass is 254 g/mol. The summed E-state index contributed by atoms with van der Waals surface area (Å²) in [5, 5.41) is 14.5. The van der Waals surface area contributed by atoms with Crippen molar-refractivity contribution < 1.29 is 5.11 Å². The summed E-state index contributed by atoms with van der Waals surface area (Å²) in [6.45, 7) is 0. The highest BCUT2D eigenvalue weighted by atomic mass is 16.3. The van der Waals surface area contributed by atoms with E-state index in [9.17, 15) is 5.11 Å². The predicted molar refractivity (Wildman–Crippen MR) is 71.4 cm³/mol. The predicted octanol–water partition coefficient (Wildman–Crippen LogP) is 1.64. The van der Waals surface area contributed by atoms with Gasteiger partial charge in [-0.1, -0.05) is 6.07 Å². The van der Waals surface area contributed by atoms with E-state index in [1.165, 1.54) is 0 Å². The van der Waals surface area contributed by atoms with Crippen molar-refractivity contribution in [1.82, 2.24) is 19.7 Å². The van der Waals surface area contributed by atoms with Crippen LogP contribution in [0, 0.1) is 0 Å². The van der Waals surface area contributed by atoms with Crippen molar-refractivity contribution in [1.29, 1.82) is 0 Å². The van der Waals surface area contributed by atoms with Gasteiger partial charge >= 0.3 is 0 Å². The molecule has 1 aromatic carbocycles. The van der Waals surface area contributed by atoms with Crippen molar-refractivity contribution in [3.8, 4) is 0 Å². The Bertz CT molecular complexity index is 707. The van der Waals surface area contributed by atoms with Crippen molar-refractivity contribution in [3.05, 3.63) is 54.1 Å². The molecule has 96 valence electrons. The lowest BCUT2D eigenvalue weighted by molar-refractivity contribution is 0.177. The first kappa shape index (κ1) is 11.8. The molecule has 1 N–H and O–H groups in total. The maximum Gasteiger partial charge on any atom is 0.0890 e. The van der Waals surface area contributed by atoms with Crippen LogP contribution in [0.25, 0.3) is 11.0 Å². The van der Waals surface area contributed by atoms with Gasteiger partial charge in [-0.15, -0.1) is 0 Å². The Morgan fingerprint density at radius 2 is 1.95 bits per heavy atom. The van der Waals surface area contributed by atoms with Gasteiger partial charge in [-0.2, -0.15) is 5.10 Å². The van der Waals surface area contributed by atoms with Crippen LogP contribution in [0.3, 0.4) is 0 Å². The molecule has 2 heterocycles. The molecule has 19 heavy (non-hydrogen) atoms. The molecule has 1 unspecified atom stereocenters. The summed E-state index contributed by atoms with van der Waals surface area (Å²) in [5.41, 5.74) is 3.32. The summed E-state index contributed by atoms with van der Waals surface area (Å²) < 4.78 is 1.73. The molecule has 0 spiro atoms. The largest absolute Gasteiger partial charge is 0.388 e. The fraction of sp³-hybridized carbons (Fsp3) is 0.214. The van der Waals surface area contributed by atoms with Gasteiger partial charge < -0.3 is 5.11 Å². The van der Waals surface area contributed by atoms with E-state index in [4.69, 9.17) is 0 Å². The SMILES string of the molecule is Cn1ccc(CC(O)c2ccc3nccnc3c2)n1. The van der Waals surface area contributed by atoms with Crippen LogP contribution in [0.5, 0.6) is 0 Å². The summed E-state index contributed by atoms with van der Waals surface area (Å²) in [6, 6.07) is 7.53. The molecule has 0 bridgehead atoms. The summed E-state index contributed by atoms with van der Waals surface area (Å²) >= 11 is 0. The highest BCUT2D eigenvalue weighted by Gasteiger charge is 2.11. The minimum Gasteiger partial charge on any atom is -0.388 e. The van der Waals surface area contributed by atoms with Crippen molar-refractivity contribution in [2.75, 3.05) is 0 Å². The third-order valence-corrected chi connectivity index (χ3v) is 3.05. The highest BCUT2D eigenvalue weighted by Crippen LogP contribution is 2.20. The normalized spacial score (nSPS) is 12.7. The number of aliphatic hydroxyl groups excluding tert-OH is 1. The zero-order chi connectivity index (χ0) is 13.2. The zero-order valence-electron chi connectivity index (χ0n) is 10.6. The number of benzene rings is 1. The maximum atomic E-state index is 10.2. The molecule has 2 aromatic heterocycles. The van der Waals surface area contributed by atoms with Crippen LogP contribution >= 0.6 is 0 Å². The van der Waals surface area contributed by atoms with Gasteiger partial charge in [-0.25, -0.2) is 0 Å². The molecule has 0 saturated heterocycles. The van der Waals surface area contributed by atoms with Crippen molar-refractivity contribution in [2.24, 2.45) is 7.05 Å². The third kappa shape index (κ3) is 2.46. The smallest absolute Gasteiger partial charge is 0.0890 e. The van der Waals surface area contributed by atoms with Gasteiger partial charge in [-0.3, -0.25) is 14.6 Å². The lowest BCUT2D eigenvalue weighted by Gasteiger charge is -2.09. The maximum absolute atomic E-state index is 10.2. The Morgan fingerprint density at radius 3 is 2.68 bits per heavy atom. The number of hydrogen-bond acceptors (Lipinski definition) is 4. The number of rotatable bonds is 3. The first-order valence-electron chi connectivity index (χ1n) is 6.09. The van der Waals surface area contributed by atoms with Crippen LogP contribution in [0.1, 0.15) is 17.4 Å². The minimum atomic E-state index is -0.582. The topological polar surface area (TPSA) is 63.8 Å². The second-order valence-electron chi connectivity index (χ2n) is 4.51. The fourth-order valence-electron chi connectivity index (χ4n) is 2.08. The van der Waals surface area contributed by atoms with Gasteiger partial charge in [0.15, 0.2) is 0 Å². The standard InChI is InChI=1S/C14H14N4O/c1-18-7-4-11(17-18)9-14(19)10-2-3-12-13(8-10)16-6-5-15-12/h2-8,14,19H,9H2,1H3. The van der Waals surface area contributed by atoms with E-state index in [0.717, 1.165) is 22.3 Å². The minimum absolute atomic E-state index is 0.493. The van der Waals surface area contributed by atoms with Crippen LogP contribution in [0.15, 0.2) is 42.9 Å². The van der Waals surface area contributed by atoms with E-state index in [0.29, 0.717) is 6.42 Å². The lowest BCUT2D eigenvalue weighted by Crippen LogP contribution is -2.03. The molecule has 0 aliphatic rings. The molecule has 5 heteroatoms. The average molecular weight is 254 g/mol. The molecule has 5 nitrogen and oxygen atoms in total. The Hall–Kier alpha value is -2.27. The summed E-state index contributed by atoms with van der Waals surface area (Å²) in [7, 11) is 1.86. The van der Waals surface area contributed by atoms with Crippen LogP contribution in [-0.4, -0.2) is 24.9 Å². The molecular formula is C14H14N4O. The van der Waals surface area contributed by atoms with Crippen LogP contribution < -0.4 is 0 Å². The van der Waals surface area contributed by atoms with Crippen molar-refractivity contribution >= 4 is 11.0 Å². The number of fused-ring (bicyclic) bond motifs is 1. The highest BCUT2D eigenvalue weighted by molar-refractivity contribution is 5.74. The van der Waals surface area contributed by atoms with Crippen LogP contribution in [0.4, 0.5) is 0 Å². The number of aryl methyl sites for hydroxylation is 1. The lowest BCUT2D eigenvalue weighted by atomic mass is 10.0. The average Bonchev–Trinajstić information content (AvgIpc) is 2.83. The van der Waals surface area contributed by atoms with E-state index >= 15 is 0 Å². The molecule has 0 fully saturated rings. The van der Waals surface area contributed by atoms with Crippen molar-refractivity contribution in [3.63, 3.8) is 0 Å². The molecule has 1 atom stereocenters. The number of aliphatic hydroxyl groups is 1. The first-order valence-corrected chi connectivity index (χ1v) is 6.09. The molecule has 3 aromatic rings. The summed E-state index contributed by atoms with van der Waals surface area (Å²) in [5.74, 6) is 0. The van der Waals surface area contributed by atoms with Gasteiger partial charge in [0, 0.05) is 32.1 Å². The van der Waals surface area contributed by atoms with E-state index in [2.05, 4.69) is 15.1 Å². The van der Waals surface area contributed by atoms with Crippen molar-refractivity contribution in [2.45, 2.75) is 12.5 Å². The van der Waals surface area contributed by atoms with E-state index in [1.807, 2.05) is 37.5 Å². The summed E-state index contributed by atoms with van der Waals surface area (Å²) in [6.07, 6.45) is 5.09. The van der Waals surface area contributed by atoms with Gasteiger partial charge in [0.05, 0.1) is 22.8 Å². The molecule has 0 aliphatic carbocycles. The molecule has 0 saturated carbocycles. The number of aromatic nitrogens is 4. The van der Waals surface area contributed by atoms with Gasteiger partial charge in [-0.05, 0) is 23.8 Å². The van der Waals surface area contributed by atoms with Crippen LogP contribution in [0.2, 0.25) is 0 Å². The van der Waals surface area contributed by atoms with E-state index in [-0.39, 0.29) is 0 Å². The third-order valence-electron chi connectivity index (χ3n) is 3.05. The number of hydrogen-bond donors (Lipinski definition) is 1. The van der Waals surface area contributed by atoms with Gasteiger partial charge in [0.25, 0.3) is 0 Å². The quantitative estimate of drug-likeness (QED) is 0.771. The first-order chi connectivity index (χ1) is 9.22. The van der Waals surface area contributed by atoms with Gasteiger partial charge in [0.2, 0.25) is 0 Å². The van der Waals surface area contributed by atoms with E-state index in [1.54, 1.807) is 17.1 Å². The summed E-state index contributed by atoms with van der Waals surface area (Å²) in [4.78, 5) is 8.45. The Morgan fingerprint density at radius 1 is 1.16 bits per heavy atom. The van der Waals surface area contributed by atoms with E-state index < -0.39 is 6.10 Å². The Kier molecular flexibility index (Phi) is 2.97. The fourth-order valence-corrected chi connectivity index (χ4v) is 2.08. The number of nitrogens with zero attached hydrogens (tertiary/aromatic N) is 4. The molecule has 0 radical (unpaired) electrons. The molecule has 0 amide bonds. The Labute approximate surface area is 110 Å². The zero-order valence-corrected chi connectivity index (χ0v) is 10.6. The van der Waals surface area contributed by atoms with Crippen LogP contribution in [-0.2, 0) is 13.5 Å². The second-order valence-corrected chi connectivity index (χ2v) is 4.51.